The van der Waals surface area contributed by atoms with Gasteiger partial charge in [0.25, 0.3) is 5.91 Å². The standard InChI is InChI=1S/C21H23NO6/c23-16-11-14(12-18-20(16)28-18)22(26)21(25)15-8-4-5-9-17(15)27-19(24)10-13-6-2-1-3-7-13/h4-5,8-9,11,13,18,20,26H,1-3,6-7,10,12H2. The number of hydrogen-bond acceptors (Lipinski definition) is 6. The minimum absolute atomic E-state index is 0.0641. The topological polar surface area (TPSA) is 96.4 Å². The van der Waals surface area contributed by atoms with Crippen LogP contribution in [0.25, 0.3) is 0 Å². The average Bonchev–Trinajstić information content (AvgIpc) is 3.48. The quantitative estimate of drug-likeness (QED) is 0.275. The first-order valence-corrected chi connectivity index (χ1v) is 9.76. The van der Waals surface area contributed by atoms with E-state index >= 15 is 0 Å². The fourth-order valence-corrected chi connectivity index (χ4v) is 3.98. The molecule has 2 aliphatic carbocycles. The molecule has 148 valence electrons. The summed E-state index contributed by atoms with van der Waals surface area (Å²) in [5.41, 5.74) is 0.242. The van der Waals surface area contributed by atoms with Gasteiger partial charge < -0.3 is 9.47 Å². The SMILES string of the molecule is O=C(CC1CCCCC1)Oc1ccccc1C(=O)N(O)C1=CC(=O)C2OC2C1. The van der Waals surface area contributed by atoms with Gasteiger partial charge in [0.1, 0.15) is 11.9 Å². The third kappa shape index (κ3) is 4.00. The van der Waals surface area contributed by atoms with Crippen molar-refractivity contribution in [3.05, 3.63) is 41.6 Å². The molecule has 2 unspecified atom stereocenters. The van der Waals surface area contributed by atoms with Crippen molar-refractivity contribution in [2.24, 2.45) is 5.92 Å². The Morgan fingerprint density at radius 1 is 1.18 bits per heavy atom. The number of amides is 1. The molecule has 1 saturated heterocycles. The number of rotatable bonds is 5. The first kappa shape index (κ1) is 18.8. The maximum absolute atomic E-state index is 12.8. The number of carbonyl (C=O) groups excluding carboxylic acids is 3. The van der Waals surface area contributed by atoms with Gasteiger partial charge in [-0.15, -0.1) is 0 Å². The molecule has 1 N–H and O–H groups in total. The molecule has 3 aliphatic rings. The summed E-state index contributed by atoms with van der Waals surface area (Å²) in [6.07, 6.45) is 6.62. The van der Waals surface area contributed by atoms with Crippen molar-refractivity contribution in [3.63, 3.8) is 0 Å². The summed E-state index contributed by atoms with van der Waals surface area (Å²) in [6.45, 7) is 0. The van der Waals surface area contributed by atoms with E-state index in [4.69, 9.17) is 9.47 Å². The molecular formula is C21H23NO6. The van der Waals surface area contributed by atoms with Crippen molar-refractivity contribution in [2.75, 3.05) is 0 Å². The third-order valence-electron chi connectivity index (χ3n) is 5.57. The zero-order valence-corrected chi connectivity index (χ0v) is 15.5. The summed E-state index contributed by atoms with van der Waals surface area (Å²) in [6, 6.07) is 6.30. The minimum atomic E-state index is -0.751. The smallest absolute Gasteiger partial charge is 0.311 e. The molecule has 4 rings (SSSR count). The summed E-state index contributed by atoms with van der Waals surface area (Å²) >= 11 is 0. The molecule has 28 heavy (non-hydrogen) atoms. The Morgan fingerprint density at radius 3 is 2.68 bits per heavy atom. The summed E-state index contributed by atoms with van der Waals surface area (Å²) < 4.78 is 10.6. The molecule has 7 nitrogen and oxygen atoms in total. The van der Waals surface area contributed by atoms with E-state index in [9.17, 15) is 19.6 Å². The molecule has 1 aromatic rings. The van der Waals surface area contributed by atoms with Crippen molar-refractivity contribution in [2.45, 2.75) is 57.2 Å². The zero-order valence-electron chi connectivity index (χ0n) is 15.5. The monoisotopic (exact) mass is 385 g/mol. The number of hydroxylamine groups is 2. The Hall–Kier alpha value is -2.51. The van der Waals surface area contributed by atoms with Crippen LogP contribution in [0.5, 0.6) is 5.75 Å². The van der Waals surface area contributed by atoms with Crippen LogP contribution in [0.1, 0.15) is 55.3 Å². The van der Waals surface area contributed by atoms with Crippen molar-refractivity contribution in [1.29, 1.82) is 0 Å². The van der Waals surface area contributed by atoms with Gasteiger partial charge >= 0.3 is 5.97 Å². The maximum atomic E-state index is 12.8. The molecule has 0 radical (unpaired) electrons. The zero-order chi connectivity index (χ0) is 19.7. The summed E-state index contributed by atoms with van der Waals surface area (Å²) in [4.78, 5) is 36.9. The number of para-hydroxylation sites is 1. The van der Waals surface area contributed by atoms with Crippen molar-refractivity contribution < 1.29 is 29.1 Å². The lowest BCUT2D eigenvalue weighted by molar-refractivity contribution is -0.135. The van der Waals surface area contributed by atoms with Gasteiger partial charge in [-0.25, -0.2) is 0 Å². The molecule has 1 heterocycles. The number of epoxide rings is 1. The molecule has 0 aromatic heterocycles. The number of carbonyl (C=O) groups is 3. The second kappa shape index (κ2) is 7.85. The van der Waals surface area contributed by atoms with E-state index in [1.807, 2.05) is 0 Å². The molecule has 1 amide bonds. The number of benzene rings is 1. The Kier molecular flexibility index (Phi) is 5.28. The van der Waals surface area contributed by atoms with Crippen LogP contribution in [0, 0.1) is 5.92 Å². The first-order chi connectivity index (χ1) is 13.5. The van der Waals surface area contributed by atoms with Gasteiger partial charge in [0.15, 0.2) is 5.78 Å². The van der Waals surface area contributed by atoms with E-state index in [1.54, 1.807) is 12.1 Å². The average molecular weight is 385 g/mol. The highest BCUT2D eigenvalue weighted by molar-refractivity contribution is 6.01. The van der Waals surface area contributed by atoms with E-state index < -0.39 is 12.0 Å². The maximum Gasteiger partial charge on any atom is 0.311 e. The number of hydrogen-bond donors (Lipinski definition) is 1. The molecule has 0 bridgehead atoms. The van der Waals surface area contributed by atoms with Crippen LogP contribution in [0.2, 0.25) is 0 Å². The van der Waals surface area contributed by atoms with Gasteiger partial charge in [0, 0.05) is 18.9 Å². The Balaban J connectivity index is 1.45. The van der Waals surface area contributed by atoms with Gasteiger partial charge in [-0.1, -0.05) is 31.4 Å². The van der Waals surface area contributed by atoms with Gasteiger partial charge in [-0.05, 0) is 30.9 Å². The van der Waals surface area contributed by atoms with Gasteiger partial charge in [0.2, 0.25) is 0 Å². The second-order valence-corrected chi connectivity index (χ2v) is 7.63. The fourth-order valence-electron chi connectivity index (χ4n) is 3.98. The van der Waals surface area contributed by atoms with Crippen molar-refractivity contribution in [1.82, 2.24) is 5.06 Å². The first-order valence-electron chi connectivity index (χ1n) is 9.76. The lowest BCUT2D eigenvalue weighted by Gasteiger charge is -2.22. The highest BCUT2D eigenvalue weighted by Gasteiger charge is 2.48. The normalized spacial score (nSPS) is 24.2. The van der Waals surface area contributed by atoms with Gasteiger partial charge in [-0.2, -0.15) is 5.06 Å². The van der Waals surface area contributed by atoms with Crippen LogP contribution in [0.4, 0.5) is 0 Å². The van der Waals surface area contributed by atoms with E-state index in [2.05, 4.69) is 0 Å². The van der Waals surface area contributed by atoms with E-state index in [-0.39, 0.29) is 41.3 Å². The number of ketones is 1. The lowest BCUT2D eigenvalue weighted by atomic mass is 9.87. The number of ether oxygens (including phenoxy) is 2. The highest BCUT2D eigenvalue weighted by Crippen LogP contribution is 2.35. The number of fused-ring (bicyclic) bond motifs is 1. The molecule has 0 spiro atoms. The van der Waals surface area contributed by atoms with Crippen molar-refractivity contribution in [3.8, 4) is 5.75 Å². The summed E-state index contributed by atoms with van der Waals surface area (Å²) in [5, 5.41) is 10.8. The highest BCUT2D eigenvalue weighted by atomic mass is 16.6. The predicted octanol–water partition coefficient (Wildman–Crippen LogP) is 3.02. The Bertz CT molecular complexity index is 826. The fraction of sp³-hybridized carbons (Fsp3) is 0.476. The molecule has 1 saturated carbocycles. The number of esters is 1. The molecule has 1 aliphatic heterocycles. The van der Waals surface area contributed by atoms with E-state index in [1.165, 1.54) is 24.6 Å². The van der Waals surface area contributed by atoms with Crippen LogP contribution in [-0.2, 0) is 14.3 Å². The van der Waals surface area contributed by atoms with Crippen LogP contribution in [0.3, 0.4) is 0 Å². The van der Waals surface area contributed by atoms with E-state index in [0.29, 0.717) is 17.4 Å². The molecule has 2 atom stereocenters. The van der Waals surface area contributed by atoms with E-state index in [0.717, 1.165) is 25.7 Å². The largest absolute Gasteiger partial charge is 0.426 e. The van der Waals surface area contributed by atoms with Gasteiger partial charge in [0.05, 0.1) is 17.4 Å². The Labute approximate surface area is 162 Å². The lowest BCUT2D eigenvalue weighted by Crippen LogP contribution is -2.31. The summed E-state index contributed by atoms with van der Waals surface area (Å²) in [7, 11) is 0. The molecule has 1 aromatic carbocycles. The van der Waals surface area contributed by atoms with Gasteiger partial charge in [-0.3, -0.25) is 19.6 Å². The van der Waals surface area contributed by atoms with Crippen LogP contribution in [-0.4, -0.2) is 40.1 Å². The van der Waals surface area contributed by atoms with Crippen LogP contribution in [0.15, 0.2) is 36.0 Å². The second-order valence-electron chi connectivity index (χ2n) is 7.63. The molecular weight excluding hydrogens is 362 g/mol. The van der Waals surface area contributed by atoms with Crippen molar-refractivity contribution >= 4 is 17.7 Å². The Morgan fingerprint density at radius 2 is 1.93 bits per heavy atom. The predicted molar refractivity (Wildman–Crippen MR) is 97.6 cm³/mol. The minimum Gasteiger partial charge on any atom is -0.426 e. The summed E-state index contributed by atoms with van der Waals surface area (Å²) in [5.74, 6) is -0.957. The molecule has 7 heteroatoms. The van der Waals surface area contributed by atoms with Crippen LogP contribution >= 0.6 is 0 Å². The third-order valence-corrected chi connectivity index (χ3v) is 5.57. The number of nitrogens with zero attached hydrogens (tertiary/aromatic N) is 1. The molecule has 2 fully saturated rings. The van der Waals surface area contributed by atoms with Crippen LogP contribution < -0.4 is 4.74 Å².